The van der Waals surface area contributed by atoms with E-state index in [0.717, 1.165) is 11.3 Å². The van der Waals surface area contributed by atoms with Crippen LogP contribution in [-0.4, -0.2) is 21.6 Å². The predicted octanol–water partition coefficient (Wildman–Crippen LogP) is 4.03. The Balaban J connectivity index is 1.91. The smallest absolute Gasteiger partial charge is 0.276 e. The van der Waals surface area contributed by atoms with E-state index in [-0.39, 0.29) is 23.4 Å². The Bertz CT molecular complexity index is 944. The number of carbonyl (C=O) groups is 2. The maximum atomic E-state index is 12.6. The van der Waals surface area contributed by atoms with Crippen molar-refractivity contribution in [3.8, 4) is 5.69 Å². The number of amides is 2. The van der Waals surface area contributed by atoms with Crippen molar-refractivity contribution in [3.63, 3.8) is 0 Å². The van der Waals surface area contributed by atoms with E-state index in [1.54, 1.807) is 10.7 Å². The van der Waals surface area contributed by atoms with Gasteiger partial charge in [0.1, 0.15) is 5.82 Å². The number of rotatable bonds is 5. The first-order chi connectivity index (χ1) is 12.9. The summed E-state index contributed by atoms with van der Waals surface area (Å²) in [6.07, 6.45) is 0. The van der Waals surface area contributed by atoms with Crippen LogP contribution in [0.3, 0.4) is 0 Å². The monoisotopic (exact) mass is 362 g/mol. The van der Waals surface area contributed by atoms with Crippen LogP contribution in [0.25, 0.3) is 5.69 Å². The molecule has 0 fully saturated rings. The van der Waals surface area contributed by atoms with Gasteiger partial charge in [-0.25, -0.2) is 4.68 Å². The van der Waals surface area contributed by atoms with Gasteiger partial charge in [-0.2, -0.15) is 5.10 Å². The van der Waals surface area contributed by atoms with Crippen LogP contribution in [0.15, 0.2) is 60.7 Å². The summed E-state index contributed by atoms with van der Waals surface area (Å²) >= 11 is 0. The number of aromatic nitrogens is 2. The number of nitrogens with zero attached hydrogens (tertiary/aromatic N) is 2. The quantitative estimate of drug-likeness (QED) is 0.719. The molecule has 2 N–H and O–H groups in total. The van der Waals surface area contributed by atoms with Crippen molar-refractivity contribution in [2.24, 2.45) is 5.92 Å². The Labute approximate surface area is 158 Å². The van der Waals surface area contributed by atoms with Crippen molar-refractivity contribution in [1.29, 1.82) is 0 Å². The standard InChI is InChI=1S/C21H22N4O2/c1-14(2)20(26)23-19-13-18(24-25(19)17-7-5-4-6-8-17)21(27)22-16-11-9-15(3)10-12-16/h4-14H,1-3H3,(H,22,27)(H,23,26). The van der Waals surface area contributed by atoms with Crippen LogP contribution in [-0.2, 0) is 4.79 Å². The Morgan fingerprint density at radius 3 is 2.26 bits per heavy atom. The molecule has 138 valence electrons. The molecule has 0 saturated carbocycles. The Morgan fingerprint density at radius 1 is 0.963 bits per heavy atom. The summed E-state index contributed by atoms with van der Waals surface area (Å²) in [4.78, 5) is 24.8. The van der Waals surface area contributed by atoms with E-state index in [2.05, 4.69) is 15.7 Å². The fraction of sp³-hybridized carbons (Fsp3) is 0.190. The van der Waals surface area contributed by atoms with Crippen molar-refractivity contribution >= 4 is 23.3 Å². The number of benzene rings is 2. The lowest BCUT2D eigenvalue weighted by Gasteiger charge is -2.10. The first-order valence-corrected chi connectivity index (χ1v) is 8.78. The summed E-state index contributed by atoms with van der Waals surface area (Å²) < 4.78 is 1.56. The number of hydrogen-bond donors (Lipinski definition) is 2. The van der Waals surface area contributed by atoms with E-state index in [1.165, 1.54) is 0 Å². The van der Waals surface area contributed by atoms with Crippen molar-refractivity contribution in [2.75, 3.05) is 10.6 Å². The minimum atomic E-state index is -0.339. The van der Waals surface area contributed by atoms with Crippen molar-refractivity contribution in [1.82, 2.24) is 9.78 Å². The molecule has 1 heterocycles. The van der Waals surface area contributed by atoms with E-state index in [9.17, 15) is 9.59 Å². The predicted molar refractivity (Wildman–Crippen MR) is 106 cm³/mol. The second-order valence-corrected chi connectivity index (χ2v) is 6.63. The molecule has 0 bridgehead atoms. The summed E-state index contributed by atoms with van der Waals surface area (Å²) in [7, 11) is 0. The molecule has 0 aliphatic carbocycles. The van der Waals surface area contributed by atoms with Crippen LogP contribution >= 0.6 is 0 Å². The normalized spacial score (nSPS) is 10.7. The van der Waals surface area contributed by atoms with Crippen molar-refractivity contribution in [2.45, 2.75) is 20.8 Å². The highest BCUT2D eigenvalue weighted by Crippen LogP contribution is 2.19. The maximum absolute atomic E-state index is 12.6. The second-order valence-electron chi connectivity index (χ2n) is 6.63. The number of aryl methyl sites for hydroxylation is 1. The summed E-state index contributed by atoms with van der Waals surface area (Å²) in [5.74, 6) is -0.214. The number of carbonyl (C=O) groups excluding carboxylic acids is 2. The molecule has 0 spiro atoms. The molecule has 3 aromatic rings. The third-order valence-corrected chi connectivity index (χ3v) is 4.03. The number of anilines is 2. The lowest BCUT2D eigenvalue weighted by Crippen LogP contribution is -2.19. The maximum Gasteiger partial charge on any atom is 0.276 e. The van der Waals surface area contributed by atoms with Crippen LogP contribution in [0.1, 0.15) is 29.9 Å². The van der Waals surface area contributed by atoms with E-state index in [0.29, 0.717) is 11.5 Å². The lowest BCUT2D eigenvalue weighted by atomic mass is 10.2. The summed E-state index contributed by atoms with van der Waals surface area (Å²) in [6.45, 7) is 5.60. The molecule has 0 atom stereocenters. The van der Waals surface area contributed by atoms with Crippen LogP contribution in [0.5, 0.6) is 0 Å². The zero-order valence-corrected chi connectivity index (χ0v) is 15.6. The number of nitrogens with one attached hydrogen (secondary N) is 2. The second kappa shape index (κ2) is 7.86. The van der Waals surface area contributed by atoms with Gasteiger partial charge in [0, 0.05) is 17.7 Å². The molecule has 2 aromatic carbocycles. The minimum Gasteiger partial charge on any atom is -0.321 e. The highest BCUT2D eigenvalue weighted by Gasteiger charge is 2.18. The zero-order valence-electron chi connectivity index (χ0n) is 15.6. The topological polar surface area (TPSA) is 76.0 Å². The van der Waals surface area contributed by atoms with E-state index in [1.807, 2.05) is 75.4 Å². The number of hydrogen-bond acceptors (Lipinski definition) is 3. The molecule has 6 nitrogen and oxygen atoms in total. The third-order valence-electron chi connectivity index (χ3n) is 4.03. The molecule has 6 heteroatoms. The van der Waals surface area contributed by atoms with E-state index in [4.69, 9.17) is 0 Å². The highest BCUT2D eigenvalue weighted by atomic mass is 16.2. The van der Waals surface area contributed by atoms with Gasteiger partial charge in [-0.05, 0) is 31.2 Å². The lowest BCUT2D eigenvalue weighted by molar-refractivity contribution is -0.118. The van der Waals surface area contributed by atoms with Gasteiger partial charge < -0.3 is 10.6 Å². The van der Waals surface area contributed by atoms with Crippen LogP contribution in [0.2, 0.25) is 0 Å². The summed E-state index contributed by atoms with van der Waals surface area (Å²) in [5, 5.41) is 10.1. The van der Waals surface area contributed by atoms with Crippen LogP contribution in [0.4, 0.5) is 11.5 Å². The average Bonchev–Trinajstić information content (AvgIpc) is 3.08. The molecule has 27 heavy (non-hydrogen) atoms. The fourth-order valence-corrected chi connectivity index (χ4v) is 2.45. The molecule has 0 saturated heterocycles. The Hall–Kier alpha value is -3.41. The van der Waals surface area contributed by atoms with Crippen LogP contribution in [0, 0.1) is 12.8 Å². The van der Waals surface area contributed by atoms with Gasteiger partial charge in [0.05, 0.1) is 5.69 Å². The van der Waals surface area contributed by atoms with Gasteiger partial charge in [0.2, 0.25) is 5.91 Å². The summed E-state index contributed by atoms with van der Waals surface area (Å²) in [5.41, 5.74) is 2.78. The van der Waals surface area contributed by atoms with E-state index < -0.39 is 0 Å². The van der Waals surface area contributed by atoms with Gasteiger partial charge in [-0.15, -0.1) is 0 Å². The van der Waals surface area contributed by atoms with Gasteiger partial charge in [-0.3, -0.25) is 9.59 Å². The van der Waals surface area contributed by atoms with Gasteiger partial charge in [0.25, 0.3) is 5.91 Å². The largest absolute Gasteiger partial charge is 0.321 e. The molecular weight excluding hydrogens is 340 g/mol. The SMILES string of the molecule is Cc1ccc(NC(=O)c2cc(NC(=O)C(C)C)n(-c3ccccc3)n2)cc1. The molecule has 0 aliphatic heterocycles. The molecule has 3 rings (SSSR count). The van der Waals surface area contributed by atoms with Gasteiger partial charge in [0.15, 0.2) is 5.69 Å². The molecule has 0 aliphatic rings. The fourth-order valence-electron chi connectivity index (χ4n) is 2.45. The van der Waals surface area contributed by atoms with E-state index >= 15 is 0 Å². The van der Waals surface area contributed by atoms with Crippen LogP contribution < -0.4 is 10.6 Å². The summed E-state index contributed by atoms with van der Waals surface area (Å²) in [6, 6.07) is 18.5. The minimum absolute atomic E-state index is 0.141. The van der Waals surface area contributed by atoms with Crippen molar-refractivity contribution < 1.29 is 9.59 Å². The molecule has 0 unspecified atom stereocenters. The molecule has 0 radical (unpaired) electrons. The van der Waals surface area contributed by atoms with Crippen molar-refractivity contribution in [3.05, 3.63) is 71.9 Å². The zero-order chi connectivity index (χ0) is 19.4. The first-order valence-electron chi connectivity index (χ1n) is 8.78. The Morgan fingerprint density at radius 2 is 1.63 bits per heavy atom. The van der Waals surface area contributed by atoms with Gasteiger partial charge >= 0.3 is 0 Å². The molecule has 2 amide bonds. The van der Waals surface area contributed by atoms with Gasteiger partial charge in [-0.1, -0.05) is 49.7 Å². The Kier molecular flexibility index (Phi) is 5.35. The number of para-hydroxylation sites is 1. The first kappa shape index (κ1) is 18.4. The molecule has 1 aromatic heterocycles. The molecular formula is C21H22N4O2. The average molecular weight is 362 g/mol. The third kappa shape index (κ3) is 4.41. The highest BCUT2D eigenvalue weighted by molar-refractivity contribution is 6.04.